The smallest absolute Gasteiger partial charge is 0.308 e. The Bertz CT molecular complexity index is 402. The Labute approximate surface area is 104 Å². The minimum absolute atomic E-state index is 0.0694. The van der Waals surface area contributed by atoms with Crippen molar-refractivity contribution in [3.63, 3.8) is 0 Å². The minimum Gasteiger partial charge on any atom is -0.481 e. The predicted octanol–water partition coefficient (Wildman–Crippen LogP) is 1.61. The molecule has 1 atom stereocenters. The number of hydrogen-bond acceptors (Lipinski definition) is 3. The Morgan fingerprint density at radius 3 is 2.94 bits per heavy atom. The maximum absolute atomic E-state index is 11.8. The van der Waals surface area contributed by atoms with Crippen LogP contribution in [0.4, 0.5) is 0 Å². The van der Waals surface area contributed by atoms with Gasteiger partial charge in [-0.15, -0.1) is 0 Å². The zero-order valence-corrected chi connectivity index (χ0v) is 10.3. The van der Waals surface area contributed by atoms with Gasteiger partial charge in [-0.25, -0.2) is 0 Å². The van der Waals surface area contributed by atoms with E-state index in [1.54, 1.807) is 16.2 Å². The maximum atomic E-state index is 11.8. The van der Waals surface area contributed by atoms with Crippen LogP contribution in [0.2, 0.25) is 0 Å². The monoisotopic (exact) mass is 253 g/mol. The highest BCUT2D eigenvalue weighted by Gasteiger charge is 2.30. The maximum Gasteiger partial charge on any atom is 0.308 e. The molecule has 1 aliphatic heterocycles. The van der Waals surface area contributed by atoms with E-state index >= 15 is 0 Å². The van der Waals surface area contributed by atoms with Crippen molar-refractivity contribution in [3.8, 4) is 0 Å². The van der Waals surface area contributed by atoms with Gasteiger partial charge in [0.1, 0.15) is 0 Å². The van der Waals surface area contributed by atoms with Crippen LogP contribution in [0.3, 0.4) is 0 Å². The molecule has 1 saturated heterocycles. The van der Waals surface area contributed by atoms with E-state index in [0.29, 0.717) is 25.9 Å². The molecule has 1 amide bonds. The molecule has 2 heterocycles. The highest BCUT2D eigenvalue weighted by atomic mass is 32.1. The minimum atomic E-state index is -0.793. The Hall–Kier alpha value is -1.36. The first kappa shape index (κ1) is 12.1. The summed E-state index contributed by atoms with van der Waals surface area (Å²) >= 11 is 1.63. The lowest BCUT2D eigenvalue weighted by Gasteiger charge is -2.15. The van der Waals surface area contributed by atoms with Crippen molar-refractivity contribution in [2.24, 2.45) is 5.92 Å². The molecule has 1 aromatic heterocycles. The molecular formula is C12H15NO3S. The number of carbonyl (C=O) groups is 2. The number of aryl methyl sites for hydroxylation is 1. The molecule has 0 spiro atoms. The van der Waals surface area contributed by atoms with Gasteiger partial charge in [0.05, 0.1) is 5.92 Å². The lowest BCUT2D eigenvalue weighted by atomic mass is 10.1. The van der Waals surface area contributed by atoms with Crippen LogP contribution in [0.25, 0.3) is 0 Å². The summed E-state index contributed by atoms with van der Waals surface area (Å²) in [7, 11) is 0. The highest BCUT2D eigenvalue weighted by molar-refractivity contribution is 7.07. The highest BCUT2D eigenvalue weighted by Crippen LogP contribution is 2.18. The number of carboxylic acids is 1. The fourth-order valence-electron chi connectivity index (χ4n) is 2.03. The first-order valence-corrected chi connectivity index (χ1v) is 6.63. The number of thiophene rings is 1. The van der Waals surface area contributed by atoms with Gasteiger partial charge < -0.3 is 10.0 Å². The summed E-state index contributed by atoms with van der Waals surface area (Å²) in [4.78, 5) is 24.3. The molecule has 5 heteroatoms. The normalized spacial score (nSPS) is 19.5. The molecule has 0 saturated carbocycles. The first-order chi connectivity index (χ1) is 8.16. The molecular weight excluding hydrogens is 238 g/mol. The van der Waals surface area contributed by atoms with E-state index in [1.807, 2.05) is 16.8 Å². The SMILES string of the molecule is O=C(O)[C@@H]1CCN(C(=O)CCc2ccsc2)C1. The lowest BCUT2D eigenvalue weighted by molar-refractivity contribution is -0.141. The Morgan fingerprint density at radius 2 is 2.35 bits per heavy atom. The summed E-state index contributed by atoms with van der Waals surface area (Å²) in [6, 6.07) is 2.02. The first-order valence-electron chi connectivity index (χ1n) is 5.68. The molecule has 0 unspecified atom stereocenters. The third-order valence-electron chi connectivity index (χ3n) is 3.10. The Morgan fingerprint density at radius 1 is 1.53 bits per heavy atom. The number of nitrogens with zero attached hydrogens (tertiary/aromatic N) is 1. The molecule has 1 fully saturated rings. The quantitative estimate of drug-likeness (QED) is 0.887. The van der Waals surface area contributed by atoms with Crippen LogP contribution in [0.1, 0.15) is 18.4 Å². The van der Waals surface area contributed by atoms with Crippen molar-refractivity contribution in [2.45, 2.75) is 19.3 Å². The Balaban J connectivity index is 1.79. The molecule has 0 radical (unpaired) electrons. The van der Waals surface area contributed by atoms with Crippen LogP contribution in [0.5, 0.6) is 0 Å². The van der Waals surface area contributed by atoms with Crippen LogP contribution < -0.4 is 0 Å². The van der Waals surface area contributed by atoms with Gasteiger partial charge in [0.2, 0.25) is 5.91 Å². The van der Waals surface area contributed by atoms with Gasteiger partial charge >= 0.3 is 5.97 Å². The van der Waals surface area contributed by atoms with E-state index in [1.165, 1.54) is 5.56 Å². The molecule has 0 aliphatic carbocycles. The third-order valence-corrected chi connectivity index (χ3v) is 3.83. The average molecular weight is 253 g/mol. The fraction of sp³-hybridized carbons (Fsp3) is 0.500. The fourth-order valence-corrected chi connectivity index (χ4v) is 2.74. The summed E-state index contributed by atoms with van der Waals surface area (Å²) in [6.07, 6.45) is 1.80. The number of rotatable bonds is 4. The molecule has 17 heavy (non-hydrogen) atoms. The van der Waals surface area contributed by atoms with Crippen LogP contribution in [-0.4, -0.2) is 35.0 Å². The zero-order chi connectivity index (χ0) is 12.3. The molecule has 1 N–H and O–H groups in total. The van der Waals surface area contributed by atoms with Gasteiger partial charge in [0.15, 0.2) is 0 Å². The number of aliphatic carboxylic acids is 1. The van der Waals surface area contributed by atoms with Gasteiger partial charge in [-0.05, 0) is 35.2 Å². The van der Waals surface area contributed by atoms with Crippen molar-refractivity contribution in [1.82, 2.24) is 4.90 Å². The second-order valence-electron chi connectivity index (χ2n) is 4.30. The standard InChI is InChI=1S/C12H15NO3S/c14-11(2-1-9-4-6-17-8-9)13-5-3-10(7-13)12(15)16/h4,6,8,10H,1-3,5,7H2,(H,15,16)/t10-/m1/s1. The van der Waals surface area contributed by atoms with Crippen molar-refractivity contribution < 1.29 is 14.7 Å². The van der Waals surface area contributed by atoms with Crippen molar-refractivity contribution in [1.29, 1.82) is 0 Å². The van der Waals surface area contributed by atoms with E-state index in [9.17, 15) is 9.59 Å². The summed E-state index contributed by atoms with van der Waals surface area (Å²) < 4.78 is 0. The van der Waals surface area contributed by atoms with Crippen LogP contribution in [0.15, 0.2) is 16.8 Å². The largest absolute Gasteiger partial charge is 0.481 e. The van der Waals surface area contributed by atoms with Gasteiger partial charge in [0, 0.05) is 19.5 Å². The van der Waals surface area contributed by atoms with Crippen LogP contribution in [0, 0.1) is 5.92 Å². The average Bonchev–Trinajstić information content (AvgIpc) is 2.96. The summed E-state index contributed by atoms with van der Waals surface area (Å²) in [5.74, 6) is -1.10. The molecule has 1 aliphatic rings. The second kappa shape index (κ2) is 5.31. The molecule has 0 bridgehead atoms. The van der Waals surface area contributed by atoms with Gasteiger partial charge in [0.25, 0.3) is 0 Å². The summed E-state index contributed by atoms with van der Waals surface area (Å²) in [5.41, 5.74) is 1.18. The van der Waals surface area contributed by atoms with Gasteiger partial charge in [-0.3, -0.25) is 9.59 Å². The second-order valence-corrected chi connectivity index (χ2v) is 5.08. The number of likely N-dealkylation sites (tertiary alicyclic amines) is 1. The molecule has 1 aromatic rings. The molecule has 0 aromatic carbocycles. The lowest BCUT2D eigenvalue weighted by Crippen LogP contribution is -2.30. The Kier molecular flexibility index (Phi) is 3.78. The summed E-state index contributed by atoms with van der Waals surface area (Å²) in [5, 5.41) is 12.9. The van der Waals surface area contributed by atoms with E-state index in [-0.39, 0.29) is 11.8 Å². The molecule has 92 valence electrons. The van der Waals surface area contributed by atoms with E-state index in [0.717, 1.165) is 6.42 Å². The topological polar surface area (TPSA) is 57.6 Å². The van der Waals surface area contributed by atoms with Crippen LogP contribution in [-0.2, 0) is 16.0 Å². The van der Waals surface area contributed by atoms with Crippen molar-refractivity contribution in [2.75, 3.05) is 13.1 Å². The number of carbonyl (C=O) groups excluding carboxylic acids is 1. The predicted molar refractivity (Wildman–Crippen MR) is 65.0 cm³/mol. The van der Waals surface area contributed by atoms with Gasteiger partial charge in [-0.2, -0.15) is 11.3 Å². The number of carboxylic acid groups (broad SMARTS) is 1. The van der Waals surface area contributed by atoms with E-state index in [2.05, 4.69) is 0 Å². The number of hydrogen-bond donors (Lipinski definition) is 1. The number of amides is 1. The summed E-state index contributed by atoms with van der Waals surface area (Å²) in [6.45, 7) is 0.956. The van der Waals surface area contributed by atoms with Gasteiger partial charge in [-0.1, -0.05) is 0 Å². The van der Waals surface area contributed by atoms with Crippen LogP contribution >= 0.6 is 11.3 Å². The molecule has 4 nitrogen and oxygen atoms in total. The molecule has 2 rings (SSSR count). The van der Waals surface area contributed by atoms with Crippen molar-refractivity contribution >= 4 is 23.2 Å². The van der Waals surface area contributed by atoms with E-state index in [4.69, 9.17) is 5.11 Å². The third kappa shape index (κ3) is 3.06. The van der Waals surface area contributed by atoms with Crippen molar-refractivity contribution in [3.05, 3.63) is 22.4 Å². The van der Waals surface area contributed by atoms with E-state index < -0.39 is 5.97 Å². The zero-order valence-electron chi connectivity index (χ0n) is 9.46.